The van der Waals surface area contributed by atoms with Gasteiger partial charge < -0.3 is 0 Å². The maximum atomic E-state index is 2.92. The van der Waals surface area contributed by atoms with Crippen molar-refractivity contribution in [2.45, 2.75) is 58.8 Å². The van der Waals surface area contributed by atoms with Crippen LogP contribution in [0.4, 0.5) is 0 Å². The Morgan fingerprint density at radius 3 is 2.31 bits per heavy atom. The van der Waals surface area contributed by atoms with Gasteiger partial charge in [0.1, 0.15) is 0 Å². The molecule has 0 aromatic heterocycles. The quantitative estimate of drug-likeness (QED) is 0.450. The maximum Gasteiger partial charge on any atom is -0.0322 e. The fourth-order valence-corrected chi connectivity index (χ4v) is 3.40. The molecule has 1 aliphatic rings. The summed E-state index contributed by atoms with van der Waals surface area (Å²) in [7, 11) is 2.92. The van der Waals surface area contributed by atoms with Crippen LogP contribution in [0, 0.1) is 17.8 Å². The Balaban J connectivity index is 2.25. The van der Waals surface area contributed by atoms with E-state index in [2.05, 4.69) is 35.2 Å². The van der Waals surface area contributed by atoms with Crippen molar-refractivity contribution in [3.05, 3.63) is 12.2 Å². The zero-order valence-electron chi connectivity index (χ0n) is 11.1. The van der Waals surface area contributed by atoms with Gasteiger partial charge in [-0.3, -0.25) is 0 Å². The van der Waals surface area contributed by atoms with Crippen molar-refractivity contribution in [1.82, 2.24) is 0 Å². The first kappa shape index (κ1) is 14.2. The molecule has 16 heavy (non-hydrogen) atoms. The van der Waals surface area contributed by atoms with Gasteiger partial charge in [0.2, 0.25) is 0 Å². The van der Waals surface area contributed by atoms with Crippen LogP contribution in [0.5, 0.6) is 0 Å². The lowest BCUT2D eigenvalue weighted by molar-refractivity contribution is 0.245. The highest BCUT2D eigenvalue weighted by atomic mass is 31.0. The average molecular weight is 240 g/mol. The van der Waals surface area contributed by atoms with Crippen LogP contribution >= 0.6 is 9.24 Å². The van der Waals surface area contributed by atoms with Gasteiger partial charge in [-0.2, -0.15) is 0 Å². The highest BCUT2D eigenvalue weighted by Gasteiger charge is 2.21. The highest BCUT2D eigenvalue weighted by Crippen LogP contribution is 2.34. The van der Waals surface area contributed by atoms with E-state index in [1.807, 2.05) is 0 Å². The summed E-state index contributed by atoms with van der Waals surface area (Å²) < 4.78 is 0. The molecule has 2 unspecified atom stereocenters. The van der Waals surface area contributed by atoms with E-state index < -0.39 is 0 Å². The predicted molar refractivity (Wildman–Crippen MR) is 77.9 cm³/mol. The minimum atomic E-state index is 0.939. The summed E-state index contributed by atoms with van der Waals surface area (Å²) in [6, 6.07) is 0. The summed E-state index contributed by atoms with van der Waals surface area (Å²) in [4.78, 5) is 0. The molecule has 1 saturated carbocycles. The second-order valence-corrected chi connectivity index (χ2v) is 5.91. The molecule has 0 saturated heterocycles. The Hall–Kier alpha value is 0.170. The topological polar surface area (TPSA) is 0 Å². The second kappa shape index (κ2) is 8.29. The summed E-state index contributed by atoms with van der Waals surface area (Å²) in [5, 5.41) is 0. The monoisotopic (exact) mass is 240 g/mol. The lowest BCUT2D eigenvalue weighted by Crippen LogP contribution is -2.17. The lowest BCUT2D eigenvalue weighted by Gasteiger charge is -2.30. The Morgan fingerprint density at radius 2 is 1.81 bits per heavy atom. The van der Waals surface area contributed by atoms with Crippen LogP contribution < -0.4 is 0 Å². The van der Waals surface area contributed by atoms with E-state index in [9.17, 15) is 0 Å². The summed E-state index contributed by atoms with van der Waals surface area (Å²) in [5.74, 6) is 2.98. The lowest BCUT2D eigenvalue weighted by atomic mass is 9.77. The minimum Gasteiger partial charge on any atom is -0.137 e. The largest absolute Gasteiger partial charge is 0.137 e. The van der Waals surface area contributed by atoms with Crippen LogP contribution in [0.25, 0.3) is 0 Å². The second-order valence-electron chi connectivity index (χ2n) is 5.44. The van der Waals surface area contributed by atoms with Gasteiger partial charge in [0.15, 0.2) is 0 Å². The van der Waals surface area contributed by atoms with Gasteiger partial charge in [-0.25, -0.2) is 0 Å². The van der Waals surface area contributed by atoms with Gasteiger partial charge in [-0.1, -0.05) is 38.3 Å². The van der Waals surface area contributed by atoms with Crippen LogP contribution in [0.15, 0.2) is 12.2 Å². The minimum absolute atomic E-state index is 0.939. The van der Waals surface area contributed by atoms with Crippen molar-refractivity contribution in [3.63, 3.8) is 0 Å². The SMILES string of the molecule is C/C=C/CC(CC)CC1CCC(CP)CC1. The zero-order valence-corrected chi connectivity index (χ0v) is 12.3. The molecular weight excluding hydrogens is 211 g/mol. The molecule has 1 rings (SSSR count). The molecule has 94 valence electrons. The molecular formula is C15H29P. The van der Waals surface area contributed by atoms with Crippen molar-refractivity contribution in [2.24, 2.45) is 17.8 Å². The molecule has 0 spiro atoms. The van der Waals surface area contributed by atoms with Crippen LogP contribution in [-0.4, -0.2) is 6.16 Å². The van der Waals surface area contributed by atoms with Gasteiger partial charge in [0.05, 0.1) is 0 Å². The third-order valence-corrected chi connectivity index (χ3v) is 4.92. The van der Waals surface area contributed by atoms with Gasteiger partial charge >= 0.3 is 0 Å². The van der Waals surface area contributed by atoms with E-state index in [0.717, 1.165) is 17.8 Å². The molecule has 0 radical (unpaired) electrons. The van der Waals surface area contributed by atoms with E-state index in [0.29, 0.717) is 0 Å². The molecule has 0 N–H and O–H groups in total. The smallest absolute Gasteiger partial charge is 0.0322 e. The van der Waals surface area contributed by atoms with Crippen molar-refractivity contribution in [2.75, 3.05) is 6.16 Å². The van der Waals surface area contributed by atoms with Crippen LogP contribution in [0.3, 0.4) is 0 Å². The molecule has 0 aliphatic heterocycles. The number of hydrogen-bond acceptors (Lipinski definition) is 0. The van der Waals surface area contributed by atoms with Gasteiger partial charge in [0, 0.05) is 0 Å². The Morgan fingerprint density at radius 1 is 1.19 bits per heavy atom. The number of hydrogen-bond donors (Lipinski definition) is 0. The van der Waals surface area contributed by atoms with Gasteiger partial charge in [0.25, 0.3) is 0 Å². The zero-order chi connectivity index (χ0) is 11.8. The van der Waals surface area contributed by atoms with E-state index in [1.54, 1.807) is 0 Å². The first-order chi connectivity index (χ1) is 7.80. The van der Waals surface area contributed by atoms with Crippen molar-refractivity contribution in [1.29, 1.82) is 0 Å². The first-order valence-corrected chi connectivity index (χ1v) is 7.93. The van der Waals surface area contributed by atoms with E-state index in [4.69, 9.17) is 0 Å². The van der Waals surface area contributed by atoms with E-state index in [1.165, 1.54) is 51.1 Å². The van der Waals surface area contributed by atoms with Crippen molar-refractivity contribution < 1.29 is 0 Å². The Kier molecular flexibility index (Phi) is 7.37. The molecule has 1 heteroatoms. The van der Waals surface area contributed by atoms with Crippen molar-refractivity contribution in [3.8, 4) is 0 Å². The molecule has 0 nitrogen and oxygen atoms in total. The van der Waals surface area contributed by atoms with Gasteiger partial charge in [-0.05, 0) is 56.5 Å². The van der Waals surface area contributed by atoms with Crippen LogP contribution in [0.1, 0.15) is 58.8 Å². The summed E-state index contributed by atoms with van der Waals surface area (Å²) in [6.45, 7) is 4.49. The third kappa shape index (κ3) is 5.00. The Labute approximate surface area is 104 Å². The van der Waals surface area contributed by atoms with Gasteiger partial charge in [-0.15, -0.1) is 9.24 Å². The highest BCUT2D eigenvalue weighted by molar-refractivity contribution is 7.16. The van der Waals surface area contributed by atoms with Crippen LogP contribution in [-0.2, 0) is 0 Å². The summed E-state index contributed by atoms with van der Waals surface area (Å²) >= 11 is 0. The van der Waals surface area contributed by atoms with E-state index in [-0.39, 0.29) is 0 Å². The first-order valence-electron chi connectivity index (χ1n) is 7.11. The molecule has 0 bridgehead atoms. The average Bonchev–Trinajstić information content (AvgIpc) is 2.35. The molecule has 0 amide bonds. The Bertz CT molecular complexity index is 190. The fraction of sp³-hybridized carbons (Fsp3) is 0.867. The number of allylic oxidation sites excluding steroid dienone is 2. The third-order valence-electron chi connectivity index (χ3n) is 4.25. The predicted octanol–water partition coefficient (Wildman–Crippen LogP) is 5.05. The number of rotatable bonds is 6. The summed E-state index contributed by atoms with van der Waals surface area (Å²) in [6.07, 6.45) is 16.0. The van der Waals surface area contributed by atoms with Crippen LogP contribution in [0.2, 0.25) is 0 Å². The summed E-state index contributed by atoms with van der Waals surface area (Å²) in [5.41, 5.74) is 0. The normalized spacial score (nSPS) is 28.4. The molecule has 2 atom stereocenters. The molecule has 0 aromatic rings. The van der Waals surface area contributed by atoms with E-state index >= 15 is 0 Å². The molecule has 1 aliphatic carbocycles. The molecule has 0 aromatic carbocycles. The standard InChI is InChI=1S/C15H29P/c1-3-5-6-13(4-2)11-14-7-9-15(12-16)10-8-14/h3,5,13-15H,4,6-12,16H2,1-2H3/b5-3+. The maximum absolute atomic E-state index is 2.92. The van der Waals surface area contributed by atoms with Crippen molar-refractivity contribution >= 4 is 9.24 Å². The molecule has 0 heterocycles. The molecule has 1 fully saturated rings. The fourth-order valence-electron chi connectivity index (χ4n) is 2.93.